The fourth-order valence-corrected chi connectivity index (χ4v) is 4.23. The number of hydrogen-bond acceptors (Lipinski definition) is 4. The number of anilines is 1. The van der Waals surface area contributed by atoms with Crippen LogP contribution in [0, 0.1) is 5.82 Å². The Kier molecular flexibility index (Phi) is 5.72. The Hall–Kier alpha value is -2.91. The van der Waals surface area contributed by atoms with Crippen molar-refractivity contribution in [1.82, 2.24) is 18.7 Å². The molecule has 1 aliphatic rings. The maximum atomic E-state index is 14.8. The summed E-state index contributed by atoms with van der Waals surface area (Å²) >= 11 is 5.95. The molecule has 6 nitrogen and oxygen atoms in total. The third kappa shape index (κ3) is 3.37. The smallest absolute Gasteiger partial charge is 0.262 e. The van der Waals surface area contributed by atoms with E-state index in [-0.39, 0.29) is 23.3 Å². The van der Waals surface area contributed by atoms with E-state index in [0.717, 1.165) is 0 Å². The number of benzene rings is 2. The van der Waals surface area contributed by atoms with Gasteiger partial charge >= 0.3 is 0 Å². The third-order valence-electron chi connectivity index (χ3n) is 5.06. The Balaban J connectivity index is 0.00000112. The summed E-state index contributed by atoms with van der Waals surface area (Å²) in [7, 11) is 1.71. The molecule has 1 amide bonds. The minimum Gasteiger partial charge on any atom is -0.295 e. The van der Waals surface area contributed by atoms with E-state index in [9.17, 15) is 13.1 Å². The molecule has 2 aromatic heterocycles. The molecule has 0 N–H and O–H groups in total. The normalized spacial score (nSPS) is 15.2. The quantitative estimate of drug-likeness (QED) is 0.391. The molecule has 160 valence electrons. The van der Waals surface area contributed by atoms with E-state index in [2.05, 4.69) is 10.1 Å². The van der Waals surface area contributed by atoms with Crippen LogP contribution < -0.4 is 4.90 Å². The summed E-state index contributed by atoms with van der Waals surface area (Å²) < 4.78 is 30.7. The first-order valence-corrected chi connectivity index (χ1v) is 10.6. The number of nitrogens with zero attached hydrogens (tertiary/aromatic N) is 5. The largest absolute Gasteiger partial charge is 0.295 e. The van der Waals surface area contributed by atoms with E-state index in [4.69, 9.17) is 11.6 Å². The summed E-state index contributed by atoms with van der Waals surface area (Å²) in [6.07, 6.45) is 2.84. The van der Waals surface area contributed by atoms with Crippen LogP contribution in [-0.2, 0) is 7.05 Å². The van der Waals surface area contributed by atoms with Crippen LogP contribution in [0.3, 0.4) is 0 Å². The Labute approximate surface area is 186 Å². The summed E-state index contributed by atoms with van der Waals surface area (Å²) in [5.41, 5.74) is 2.89. The lowest BCUT2D eigenvalue weighted by Gasteiger charge is -2.26. The van der Waals surface area contributed by atoms with E-state index in [0.29, 0.717) is 33.5 Å². The summed E-state index contributed by atoms with van der Waals surface area (Å²) in [5, 5.41) is 4.43. The molecule has 1 aliphatic heterocycles. The first-order chi connectivity index (χ1) is 15.0. The molecule has 31 heavy (non-hydrogen) atoms. The number of aryl methyl sites for hydroxylation is 1. The number of aromatic nitrogens is 4. The first-order valence-electron chi connectivity index (χ1n) is 9.56. The highest BCUT2D eigenvalue weighted by Gasteiger charge is 2.43. The molecule has 0 saturated carbocycles. The van der Waals surface area contributed by atoms with Crippen LogP contribution in [0.15, 0.2) is 48.9 Å². The molecule has 10 heteroatoms. The molecule has 0 saturated heterocycles. The van der Waals surface area contributed by atoms with E-state index in [1.807, 2.05) is 13.8 Å². The predicted octanol–water partition coefficient (Wildman–Crippen LogP) is 5.72. The van der Waals surface area contributed by atoms with Gasteiger partial charge in [-0.25, -0.2) is 13.3 Å². The molecule has 4 aromatic rings. The second-order valence-electron chi connectivity index (χ2n) is 6.62. The molecule has 1 unspecified atom stereocenters. The lowest BCUT2D eigenvalue weighted by atomic mass is 10.0. The van der Waals surface area contributed by atoms with Gasteiger partial charge in [0.25, 0.3) is 5.91 Å². The van der Waals surface area contributed by atoms with Crippen molar-refractivity contribution >= 4 is 46.6 Å². The predicted molar refractivity (Wildman–Crippen MR) is 118 cm³/mol. The van der Waals surface area contributed by atoms with Gasteiger partial charge in [0.15, 0.2) is 12.3 Å². The van der Waals surface area contributed by atoms with Gasteiger partial charge in [0.05, 0.1) is 28.5 Å². The van der Waals surface area contributed by atoms with Crippen molar-refractivity contribution in [3.05, 3.63) is 76.6 Å². The molecule has 3 heterocycles. The van der Waals surface area contributed by atoms with E-state index in [1.54, 1.807) is 42.1 Å². The fraction of sp³-hybridized carbons (Fsp3) is 0.190. The molecule has 0 bridgehead atoms. The lowest BCUT2D eigenvalue weighted by molar-refractivity contribution is 0.0993. The third-order valence-corrected chi connectivity index (χ3v) is 5.73. The number of carbonyl (C=O) groups is 1. The van der Waals surface area contributed by atoms with Crippen LogP contribution in [0.4, 0.5) is 14.0 Å². The van der Waals surface area contributed by atoms with E-state index in [1.165, 1.54) is 27.5 Å². The van der Waals surface area contributed by atoms with Gasteiger partial charge in [0.2, 0.25) is 0 Å². The van der Waals surface area contributed by atoms with Crippen LogP contribution in [-0.4, -0.2) is 24.6 Å². The average Bonchev–Trinajstić information content (AvgIpc) is 3.43. The van der Waals surface area contributed by atoms with Gasteiger partial charge in [-0.15, -0.1) is 3.89 Å². The zero-order valence-electron chi connectivity index (χ0n) is 16.9. The zero-order chi connectivity index (χ0) is 22.3. The number of fused-ring (bicyclic) bond motifs is 2. The Morgan fingerprint density at radius 3 is 2.65 bits per heavy atom. The number of rotatable bonds is 3. The molecule has 0 radical (unpaired) electrons. The molecule has 2 aromatic carbocycles. The monoisotopic (exact) mass is 461 g/mol. The van der Waals surface area contributed by atoms with E-state index < -0.39 is 11.9 Å². The van der Waals surface area contributed by atoms with Crippen molar-refractivity contribution in [2.45, 2.75) is 19.9 Å². The fourth-order valence-electron chi connectivity index (χ4n) is 3.76. The highest BCUT2D eigenvalue weighted by molar-refractivity contribution is 7.92. The Bertz CT molecular complexity index is 1290. The second kappa shape index (κ2) is 8.32. The number of hydrogen-bond donors (Lipinski definition) is 0. The van der Waals surface area contributed by atoms with E-state index >= 15 is 0 Å². The summed E-state index contributed by atoms with van der Waals surface area (Å²) in [5.74, 6) is -0.820. The molecular weight excluding hydrogens is 444 g/mol. The molecule has 0 fully saturated rings. The minimum absolute atomic E-state index is 0.0374. The number of halogens is 3. The number of imidazole rings is 1. The van der Waals surface area contributed by atoms with Crippen LogP contribution >= 0.6 is 23.9 Å². The zero-order valence-corrected chi connectivity index (χ0v) is 18.5. The van der Waals surface area contributed by atoms with Gasteiger partial charge in [0, 0.05) is 23.3 Å². The van der Waals surface area contributed by atoms with Gasteiger partial charge in [-0.2, -0.15) is 5.10 Å². The van der Waals surface area contributed by atoms with Crippen molar-refractivity contribution in [3.8, 4) is 0 Å². The van der Waals surface area contributed by atoms with Crippen molar-refractivity contribution in [2.75, 3.05) is 4.90 Å². The van der Waals surface area contributed by atoms with Crippen molar-refractivity contribution in [1.29, 1.82) is 0 Å². The molecular formula is C21H18ClF2N5OS. The van der Waals surface area contributed by atoms with Crippen molar-refractivity contribution in [3.63, 3.8) is 0 Å². The Morgan fingerprint density at radius 1 is 1.16 bits per heavy atom. The van der Waals surface area contributed by atoms with Gasteiger partial charge in [-0.3, -0.25) is 14.4 Å². The van der Waals surface area contributed by atoms with Gasteiger partial charge < -0.3 is 0 Å². The maximum absolute atomic E-state index is 14.8. The highest BCUT2D eigenvalue weighted by atomic mass is 35.5. The van der Waals surface area contributed by atoms with Gasteiger partial charge in [-0.05, 0) is 30.3 Å². The van der Waals surface area contributed by atoms with Crippen LogP contribution in [0.1, 0.15) is 41.5 Å². The minimum atomic E-state index is -0.725. The standard InChI is InChI=1S/C19H12ClF2N5OS.C2H6/c1-25-17-13(8-24-25)19(28)27(18(17)12-4-2-10(20)6-14(12)21)11-3-5-16-15(7-11)23-9-26(16)29-22;1-2/h2-9,18H,1H3;1-2H3. The molecule has 1 atom stereocenters. The van der Waals surface area contributed by atoms with Gasteiger partial charge in [-0.1, -0.05) is 31.5 Å². The Morgan fingerprint density at radius 2 is 1.94 bits per heavy atom. The second-order valence-corrected chi connectivity index (χ2v) is 7.59. The van der Waals surface area contributed by atoms with Gasteiger partial charge in [0.1, 0.15) is 18.2 Å². The molecule has 0 spiro atoms. The van der Waals surface area contributed by atoms with Crippen molar-refractivity contribution < 1.29 is 13.1 Å². The van der Waals surface area contributed by atoms with Crippen LogP contribution in [0.25, 0.3) is 11.0 Å². The summed E-state index contributed by atoms with van der Waals surface area (Å²) in [6.45, 7) is 4.00. The maximum Gasteiger partial charge on any atom is 0.262 e. The highest BCUT2D eigenvalue weighted by Crippen LogP contribution is 2.43. The summed E-state index contributed by atoms with van der Waals surface area (Å²) in [4.78, 5) is 18.9. The summed E-state index contributed by atoms with van der Waals surface area (Å²) in [6, 6.07) is 8.69. The number of carbonyl (C=O) groups excluding carboxylic acids is 1. The topological polar surface area (TPSA) is 56.0 Å². The first kappa shape index (κ1) is 21.3. The average molecular weight is 462 g/mol. The SMILES string of the molecule is CC.Cn1ncc2c1C(c1ccc(Cl)cc1F)N(c1ccc3c(c1)ncn3SF)C2=O. The molecule has 5 rings (SSSR count). The van der Waals surface area contributed by atoms with Crippen LogP contribution in [0.2, 0.25) is 5.02 Å². The van der Waals surface area contributed by atoms with Crippen molar-refractivity contribution in [2.24, 2.45) is 7.05 Å². The number of amides is 1. The molecule has 0 aliphatic carbocycles. The van der Waals surface area contributed by atoms with Crippen LogP contribution in [0.5, 0.6) is 0 Å². The lowest BCUT2D eigenvalue weighted by Crippen LogP contribution is -2.30.